The van der Waals surface area contributed by atoms with Gasteiger partial charge in [0.25, 0.3) is 5.91 Å². The molecule has 3 aromatic rings. The fraction of sp³-hybridized carbons (Fsp3) is 0.308. The number of oxime groups is 1. The molecule has 1 aliphatic carbocycles. The van der Waals surface area contributed by atoms with Crippen LogP contribution in [-0.4, -0.2) is 31.9 Å². The van der Waals surface area contributed by atoms with Crippen molar-refractivity contribution in [2.45, 2.75) is 45.3 Å². The standard InChI is InChI=1S/C26H25N5O4/c1-15-28-21(22-12-24(35-30-22)18-6-8-25(33)31(2)14-18)11-23(29-15)26(34)27-13-16-3-4-17-5-7-20(32)10-19(17)9-16/h3-4,6,8-9,11,14,24H,5,7,10,12-13H2,1-2H3,(H,27,34). The molecule has 1 atom stereocenters. The molecule has 0 radical (unpaired) electrons. The van der Waals surface area contributed by atoms with Gasteiger partial charge in [-0.25, -0.2) is 9.97 Å². The number of benzene rings is 1. The highest BCUT2D eigenvalue weighted by Gasteiger charge is 2.26. The third-order valence-electron chi connectivity index (χ3n) is 6.30. The molecule has 1 unspecified atom stereocenters. The SMILES string of the molecule is Cc1nc(C(=O)NCc2ccc3c(c2)CC(=O)CC3)cc(C2=NOC(c3ccc(=O)n(C)c3)C2)n1. The van der Waals surface area contributed by atoms with Crippen molar-refractivity contribution in [1.29, 1.82) is 0 Å². The number of hydrogen-bond acceptors (Lipinski definition) is 7. The minimum Gasteiger partial charge on any atom is -0.387 e. The van der Waals surface area contributed by atoms with Crippen molar-refractivity contribution >= 4 is 17.4 Å². The summed E-state index contributed by atoms with van der Waals surface area (Å²) in [7, 11) is 1.69. The smallest absolute Gasteiger partial charge is 0.270 e. The zero-order valence-corrected chi connectivity index (χ0v) is 19.6. The predicted molar refractivity (Wildman–Crippen MR) is 128 cm³/mol. The molecule has 0 saturated carbocycles. The first-order chi connectivity index (χ1) is 16.9. The number of pyridine rings is 1. The van der Waals surface area contributed by atoms with E-state index < -0.39 is 0 Å². The van der Waals surface area contributed by atoms with Crippen LogP contribution in [0.25, 0.3) is 0 Å². The first-order valence-corrected chi connectivity index (χ1v) is 11.5. The second kappa shape index (κ2) is 9.25. The Balaban J connectivity index is 1.27. The average Bonchev–Trinajstić information content (AvgIpc) is 3.34. The van der Waals surface area contributed by atoms with E-state index in [1.54, 1.807) is 32.3 Å². The predicted octanol–water partition coefficient (Wildman–Crippen LogP) is 2.34. The van der Waals surface area contributed by atoms with Gasteiger partial charge >= 0.3 is 0 Å². The molecular weight excluding hydrogens is 446 g/mol. The van der Waals surface area contributed by atoms with Crippen LogP contribution >= 0.6 is 0 Å². The lowest BCUT2D eigenvalue weighted by Crippen LogP contribution is -2.25. The summed E-state index contributed by atoms with van der Waals surface area (Å²) in [6, 6.07) is 10.8. The van der Waals surface area contributed by atoms with Crippen LogP contribution in [0.2, 0.25) is 0 Å². The molecule has 1 aliphatic heterocycles. The summed E-state index contributed by atoms with van der Waals surface area (Å²) >= 11 is 0. The van der Waals surface area contributed by atoms with Crippen LogP contribution in [-0.2, 0) is 36.1 Å². The zero-order valence-electron chi connectivity index (χ0n) is 19.6. The Kier molecular flexibility index (Phi) is 5.98. The number of carbonyl (C=O) groups excluding carboxylic acids is 2. The van der Waals surface area contributed by atoms with E-state index in [0.717, 1.165) is 23.1 Å². The van der Waals surface area contributed by atoms with E-state index in [1.165, 1.54) is 16.2 Å². The molecule has 1 N–H and O–H groups in total. The molecule has 2 aromatic heterocycles. The van der Waals surface area contributed by atoms with Crippen molar-refractivity contribution in [1.82, 2.24) is 19.9 Å². The number of nitrogens with one attached hydrogen (secondary N) is 1. The Morgan fingerprint density at radius 2 is 1.97 bits per heavy atom. The van der Waals surface area contributed by atoms with Gasteiger partial charge in [0.05, 0.1) is 5.69 Å². The lowest BCUT2D eigenvalue weighted by Gasteiger charge is -2.16. The topological polar surface area (TPSA) is 116 Å². The molecule has 35 heavy (non-hydrogen) atoms. The molecule has 5 rings (SSSR count). The van der Waals surface area contributed by atoms with Crippen LogP contribution in [0.15, 0.2) is 52.5 Å². The van der Waals surface area contributed by atoms with Crippen molar-refractivity contribution < 1.29 is 14.4 Å². The van der Waals surface area contributed by atoms with Crippen molar-refractivity contribution in [3.05, 3.63) is 92.4 Å². The summed E-state index contributed by atoms with van der Waals surface area (Å²) < 4.78 is 1.49. The first kappa shape index (κ1) is 22.6. The minimum atomic E-state index is -0.333. The fourth-order valence-corrected chi connectivity index (χ4v) is 4.39. The summed E-state index contributed by atoms with van der Waals surface area (Å²) in [5.74, 6) is 0.382. The number of carbonyl (C=O) groups is 2. The van der Waals surface area contributed by atoms with Gasteiger partial charge in [0.15, 0.2) is 6.10 Å². The van der Waals surface area contributed by atoms with Crippen LogP contribution in [0, 0.1) is 6.92 Å². The molecular formula is C26H25N5O4. The summed E-state index contributed by atoms with van der Waals surface area (Å²) in [6.45, 7) is 2.05. The van der Waals surface area contributed by atoms with Crippen molar-refractivity contribution in [2.75, 3.05) is 0 Å². The third kappa shape index (κ3) is 4.89. The van der Waals surface area contributed by atoms with Gasteiger partial charge in [-0.15, -0.1) is 0 Å². The number of amides is 1. The summed E-state index contributed by atoms with van der Waals surface area (Å²) in [5.41, 5.74) is 5.30. The van der Waals surface area contributed by atoms with Crippen molar-refractivity contribution in [3.63, 3.8) is 0 Å². The molecule has 0 spiro atoms. The van der Waals surface area contributed by atoms with E-state index in [-0.39, 0.29) is 29.0 Å². The molecule has 178 valence electrons. The van der Waals surface area contributed by atoms with Gasteiger partial charge in [0.2, 0.25) is 5.56 Å². The van der Waals surface area contributed by atoms with Crippen molar-refractivity contribution in [2.24, 2.45) is 12.2 Å². The Morgan fingerprint density at radius 1 is 1.11 bits per heavy atom. The molecule has 1 aromatic carbocycles. The van der Waals surface area contributed by atoms with Gasteiger partial charge < -0.3 is 14.7 Å². The van der Waals surface area contributed by atoms with Gasteiger partial charge in [-0.1, -0.05) is 23.4 Å². The van der Waals surface area contributed by atoms with Crippen LogP contribution in [0.3, 0.4) is 0 Å². The molecule has 0 saturated heterocycles. The van der Waals surface area contributed by atoms with E-state index in [0.29, 0.717) is 43.0 Å². The summed E-state index contributed by atoms with van der Waals surface area (Å²) in [6.07, 6.45) is 3.69. The summed E-state index contributed by atoms with van der Waals surface area (Å²) in [5, 5.41) is 7.08. The van der Waals surface area contributed by atoms with E-state index in [4.69, 9.17) is 4.84 Å². The second-order valence-electron chi connectivity index (χ2n) is 8.93. The zero-order chi connectivity index (χ0) is 24.5. The van der Waals surface area contributed by atoms with Crippen LogP contribution in [0.4, 0.5) is 0 Å². The molecule has 1 amide bonds. The van der Waals surface area contributed by atoms with Crippen molar-refractivity contribution in [3.8, 4) is 0 Å². The number of hydrogen-bond donors (Lipinski definition) is 1. The van der Waals surface area contributed by atoms with Gasteiger partial charge in [0.1, 0.15) is 23.0 Å². The fourth-order valence-electron chi connectivity index (χ4n) is 4.39. The lowest BCUT2D eigenvalue weighted by atomic mass is 9.89. The Morgan fingerprint density at radius 3 is 2.80 bits per heavy atom. The maximum atomic E-state index is 12.9. The second-order valence-corrected chi connectivity index (χ2v) is 8.93. The maximum absolute atomic E-state index is 12.9. The monoisotopic (exact) mass is 471 g/mol. The van der Waals surface area contributed by atoms with Gasteiger partial charge in [-0.2, -0.15) is 0 Å². The Labute approximate surface area is 201 Å². The highest BCUT2D eigenvalue weighted by Crippen LogP contribution is 2.28. The molecule has 0 fully saturated rings. The largest absolute Gasteiger partial charge is 0.387 e. The maximum Gasteiger partial charge on any atom is 0.270 e. The van der Waals surface area contributed by atoms with Crippen LogP contribution in [0.1, 0.15) is 63.2 Å². The number of aryl methyl sites for hydroxylation is 3. The number of fused-ring (bicyclic) bond motifs is 1. The molecule has 0 bridgehead atoms. The average molecular weight is 472 g/mol. The number of aromatic nitrogens is 3. The third-order valence-corrected chi connectivity index (χ3v) is 6.30. The molecule has 9 heteroatoms. The van der Waals surface area contributed by atoms with E-state index in [2.05, 4.69) is 20.4 Å². The quantitative estimate of drug-likeness (QED) is 0.611. The van der Waals surface area contributed by atoms with Gasteiger partial charge in [-0.3, -0.25) is 14.4 Å². The van der Waals surface area contributed by atoms with Crippen LogP contribution in [0.5, 0.6) is 0 Å². The van der Waals surface area contributed by atoms with Gasteiger partial charge in [0, 0.05) is 50.7 Å². The Bertz CT molecular complexity index is 1430. The lowest BCUT2D eigenvalue weighted by molar-refractivity contribution is -0.118. The van der Waals surface area contributed by atoms with Crippen LogP contribution < -0.4 is 10.9 Å². The first-order valence-electron chi connectivity index (χ1n) is 11.5. The van der Waals surface area contributed by atoms with Gasteiger partial charge in [-0.05, 0) is 42.2 Å². The summed E-state index contributed by atoms with van der Waals surface area (Å²) in [4.78, 5) is 50.6. The molecule has 2 aliphatic rings. The number of ketones is 1. The van der Waals surface area contributed by atoms with E-state index >= 15 is 0 Å². The normalized spacial score (nSPS) is 16.9. The Hall–Kier alpha value is -4.14. The van der Waals surface area contributed by atoms with E-state index in [1.807, 2.05) is 18.2 Å². The number of nitrogens with zero attached hydrogens (tertiary/aromatic N) is 4. The molecule has 3 heterocycles. The number of Topliss-reactive ketones (excluding diaryl/α,β-unsaturated/α-hetero) is 1. The molecule has 9 nitrogen and oxygen atoms in total. The highest BCUT2D eigenvalue weighted by atomic mass is 16.6. The number of rotatable bonds is 5. The highest BCUT2D eigenvalue weighted by molar-refractivity contribution is 6.02. The van der Waals surface area contributed by atoms with E-state index in [9.17, 15) is 14.4 Å². The minimum absolute atomic E-state index is 0.0983.